The molecule has 0 aromatic heterocycles. The molecular formula is C26H43INO3P. The van der Waals surface area contributed by atoms with Gasteiger partial charge in [0.25, 0.3) is 0 Å². The van der Waals surface area contributed by atoms with Crippen LogP contribution in [-0.4, -0.2) is 25.9 Å². The van der Waals surface area contributed by atoms with Crippen LogP contribution in [0.3, 0.4) is 0 Å². The summed E-state index contributed by atoms with van der Waals surface area (Å²) >= 11 is 1.89. The SMILES string of the molecule is CCCCCCCCCCCCCCCOCC(COI)OCc1cc(P)cc(C#N)c1. The number of unbranched alkanes of at least 4 members (excludes halogenated alkanes) is 12. The Kier molecular flexibility index (Phi) is 19.8. The van der Waals surface area contributed by atoms with Gasteiger partial charge in [-0.15, -0.1) is 9.24 Å². The van der Waals surface area contributed by atoms with Crippen LogP contribution in [0.5, 0.6) is 0 Å². The predicted molar refractivity (Wildman–Crippen MR) is 146 cm³/mol. The Morgan fingerprint density at radius 3 is 2.03 bits per heavy atom. The van der Waals surface area contributed by atoms with Crippen molar-refractivity contribution in [2.45, 2.75) is 103 Å². The van der Waals surface area contributed by atoms with E-state index < -0.39 is 0 Å². The van der Waals surface area contributed by atoms with E-state index in [1.54, 1.807) is 0 Å². The molecule has 0 radical (unpaired) electrons. The van der Waals surface area contributed by atoms with E-state index in [0.29, 0.717) is 25.4 Å². The summed E-state index contributed by atoms with van der Waals surface area (Å²) in [6.45, 7) is 4.53. The van der Waals surface area contributed by atoms with Gasteiger partial charge < -0.3 is 12.5 Å². The molecule has 0 spiro atoms. The van der Waals surface area contributed by atoms with Crippen LogP contribution >= 0.6 is 32.2 Å². The molecule has 0 aliphatic carbocycles. The van der Waals surface area contributed by atoms with Crippen molar-refractivity contribution >= 4 is 37.6 Å². The molecule has 6 heteroatoms. The first-order valence-electron chi connectivity index (χ1n) is 12.4. The lowest BCUT2D eigenvalue weighted by atomic mass is 10.0. The van der Waals surface area contributed by atoms with Gasteiger partial charge in [0.05, 0.1) is 31.5 Å². The van der Waals surface area contributed by atoms with Crippen LogP contribution in [0.25, 0.3) is 0 Å². The van der Waals surface area contributed by atoms with Crippen molar-refractivity contribution in [3.05, 3.63) is 29.3 Å². The van der Waals surface area contributed by atoms with E-state index >= 15 is 0 Å². The minimum absolute atomic E-state index is 0.104. The average molecular weight is 576 g/mol. The second kappa shape index (κ2) is 21.3. The average Bonchev–Trinajstić information content (AvgIpc) is 2.79. The molecule has 0 fully saturated rings. The number of rotatable bonds is 21. The van der Waals surface area contributed by atoms with Crippen molar-refractivity contribution in [1.82, 2.24) is 0 Å². The first kappa shape index (κ1) is 29.8. The zero-order valence-corrected chi connectivity index (χ0v) is 23.3. The molecule has 0 N–H and O–H groups in total. The number of halogens is 1. The van der Waals surface area contributed by atoms with Gasteiger partial charge in [0.15, 0.2) is 0 Å². The van der Waals surface area contributed by atoms with E-state index in [1.807, 2.05) is 41.2 Å². The highest BCUT2D eigenvalue weighted by Gasteiger charge is 2.11. The third-order valence-electron chi connectivity index (χ3n) is 5.57. The summed E-state index contributed by atoms with van der Waals surface area (Å²) < 4.78 is 17.1. The van der Waals surface area contributed by atoms with Gasteiger partial charge in [-0.05, 0) is 35.5 Å². The van der Waals surface area contributed by atoms with Gasteiger partial charge in [-0.2, -0.15) is 5.26 Å². The molecule has 4 nitrogen and oxygen atoms in total. The van der Waals surface area contributed by atoms with Crippen molar-refractivity contribution in [3.63, 3.8) is 0 Å². The van der Waals surface area contributed by atoms with Crippen molar-refractivity contribution in [2.24, 2.45) is 0 Å². The molecule has 1 aromatic carbocycles. The third kappa shape index (κ3) is 16.4. The summed E-state index contributed by atoms with van der Waals surface area (Å²) in [4.78, 5) is 0. The fourth-order valence-electron chi connectivity index (χ4n) is 3.73. The van der Waals surface area contributed by atoms with Crippen LogP contribution < -0.4 is 5.30 Å². The van der Waals surface area contributed by atoms with E-state index in [0.717, 1.165) is 23.9 Å². The number of benzene rings is 1. The van der Waals surface area contributed by atoms with Crippen molar-refractivity contribution in [1.29, 1.82) is 5.26 Å². The molecular weight excluding hydrogens is 532 g/mol. The van der Waals surface area contributed by atoms with E-state index in [-0.39, 0.29) is 6.10 Å². The Labute approximate surface area is 213 Å². The lowest BCUT2D eigenvalue weighted by molar-refractivity contribution is -0.0394. The molecule has 0 heterocycles. The second-order valence-corrected chi connectivity index (χ2v) is 9.89. The number of ether oxygens (including phenoxy) is 2. The van der Waals surface area contributed by atoms with E-state index in [1.165, 1.54) is 77.0 Å². The predicted octanol–water partition coefficient (Wildman–Crippen LogP) is 7.42. The molecule has 0 amide bonds. The summed E-state index contributed by atoms with van der Waals surface area (Å²) in [6, 6.07) is 7.91. The maximum absolute atomic E-state index is 9.11. The third-order valence-corrected chi connectivity index (χ3v) is 6.27. The molecule has 0 saturated carbocycles. The highest BCUT2D eigenvalue weighted by molar-refractivity contribution is 14.1. The fraction of sp³-hybridized carbons (Fsp3) is 0.731. The van der Waals surface area contributed by atoms with Crippen LogP contribution in [0, 0.1) is 11.3 Å². The van der Waals surface area contributed by atoms with Crippen LogP contribution in [0.4, 0.5) is 0 Å². The smallest absolute Gasteiger partial charge is 0.109 e. The Bertz CT molecular complexity index is 624. The van der Waals surface area contributed by atoms with Crippen LogP contribution in [-0.2, 0) is 19.1 Å². The fourth-order valence-corrected chi connectivity index (χ4v) is 4.53. The Morgan fingerprint density at radius 1 is 0.875 bits per heavy atom. The van der Waals surface area contributed by atoms with Gasteiger partial charge in [0, 0.05) is 6.61 Å². The van der Waals surface area contributed by atoms with Crippen LogP contribution in [0.1, 0.15) is 102 Å². The monoisotopic (exact) mass is 575 g/mol. The summed E-state index contributed by atoms with van der Waals surface area (Å²) in [5, 5.41) is 10.1. The zero-order valence-electron chi connectivity index (χ0n) is 20.0. The standard InChI is InChI=1S/C26H43INO3P/c1-2-3-4-5-6-7-8-9-10-11-12-13-14-15-29-21-25(22-31-27)30-20-24-16-23(19-28)17-26(32)18-24/h16-18,25H,2-15,20-22,32H2,1H3. The largest absolute Gasteiger partial charge is 0.379 e. The van der Waals surface area contributed by atoms with Gasteiger partial charge in [0.2, 0.25) is 0 Å². The van der Waals surface area contributed by atoms with Gasteiger partial charge in [-0.25, -0.2) is 0 Å². The van der Waals surface area contributed by atoms with Crippen molar-refractivity contribution in [3.8, 4) is 6.07 Å². The normalized spacial score (nSPS) is 12.1. The number of hydrogen-bond donors (Lipinski definition) is 0. The molecule has 1 aromatic rings. The lowest BCUT2D eigenvalue weighted by Gasteiger charge is -2.17. The first-order valence-corrected chi connectivity index (χ1v) is 13.9. The molecule has 1 rings (SSSR count). The highest BCUT2D eigenvalue weighted by Crippen LogP contribution is 2.13. The van der Waals surface area contributed by atoms with E-state index in [9.17, 15) is 0 Å². The Balaban J connectivity index is 2.02. The number of hydrogen-bond acceptors (Lipinski definition) is 4. The number of nitriles is 1. The maximum atomic E-state index is 9.11. The Hall–Kier alpha value is -0.250. The van der Waals surface area contributed by atoms with Crippen LogP contribution in [0.2, 0.25) is 0 Å². The summed E-state index contributed by atoms with van der Waals surface area (Å²) in [5.41, 5.74) is 1.64. The van der Waals surface area contributed by atoms with E-state index in [2.05, 4.69) is 22.2 Å². The summed E-state index contributed by atoms with van der Waals surface area (Å²) in [5.74, 6) is 0. The highest BCUT2D eigenvalue weighted by atomic mass is 127. The lowest BCUT2D eigenvalue weighted by Crippen LogP contribution is -2.24. The van der Waals surface area contributed by atoms with E-state index in [4.69, 9.17) is 17.8 Å². The topological polar surface area (TPSA) is 51.5 Å². The van der Waals surface area contributed by atoms with Gasteiger partial charge in [-0.3, -0.25) is 0 Å². The maximum Gasteiger partial charge on any atom is 0.109 e. The first-order chi connectivity index (χ1) is 15.7. The molecule has 2 atom stereocenters. The molecule has 0 saturated heterocycles. The van der Waals surface area contributed by atoms with Gasteiger partial charge in [-0.1, -0.05) is 84.0 Å². The van der Waals surface area contributed by atoms with Crippen LogP contribution in [0.15, 0.2) is 18.2 Å². The second-order valence-electron chi connectivity index (χ2n) is 8.60. The zero-order chi connectivity index (χ0) is 23.3. The number of nitrogens with zero attached hydrogens (tertiary/aromatic N) is 1. The van der Waals surface area contributed by atoms with Crippen molar-refractivity contribution < 1.29 is 12.5 Å². The van der Waals surface area contributed by atoms with Crippen molar-refractivity contribution in [2.75, 3.05) is 19.8 Å². The summed E-state index contributed by atoms with van der Waals surface area (Å²) in [7, 11) is 2.64. The molecule has 32 heavy (non-hydrogen) atoms. The van der Waals surface area contributed by atoms with Gasteiger partial charge in [0.1, 0.15) is 29.1 Å². The molecule has 182 valence electrons. The summed E-state index contributed by atoms with van der Waals surface area (Å²) in [6.07, 6.45) is 17.5. The minimum atomic E-state index is -0.104. The minimum Gasteiger partial charge on any atom is -0.379 e. The quantitative estimate of drug-likeness (QED) is 0.0870. The molecule has 0 bridgehead atoms. The molecule has 0 aliphatic rings. The molecule has 2 unspecified atom stereocenters. The van der Waals surface area contributed by atoms with Gasteiger partial charge >= 0.3 is 0 Å². The molecule has 0 aliphatic heterocycles. The Morgan fingerprint density at radius 2 is 1.47 bits per heavy atom.